The Labute approximate surface area is 248 Å². The molecule has 15 heteroatoms. The monoisotopic (exact) mass is 631 g/mol. The van der Waals surface area contributed by atoms with Gasteiger partial charge >= 0.3 is 7.75 Å². The Hall–Kier alpha value is -1.75. The first-order valence-electron chi connectivity index (χ1n) is 13.4. The van der Waals surface area contributed by atoms with Gasteiger partial charge in [0.1, 0.15) is 30.0 Å². The lowest BCUT2D eigenvalue weighted by molar-refractivity contribution is -0.117. The van der Waals surface area contributed by atoms with Gasteiger partial charge in [0.25, 0.3) is 0 Å². The van der Waals surface area contributed by atoms with Gasteiger partial charge < -0.3 is 20.1 Å². The Balaban J connectivity index is 1.50. The van der Waals surface area contributed by atoms with Crippen molar-refractivity contribution in [2.75, 3.05) is 24.7 Å². The fourth-order valence-corrected chi connectivity index (χ4v) is 7.45. The van der Waals surface area contributed by atoms with Gasteiger partial charge in [-0.1, -0.05) is 51.8 Å². The molecule has 2 aromatic rings. The lowest BCUT2D eigenvalue weighted by Gasteiger charge is -2.28. The van der Waals surface area contributed by atoms with E-state index in [0.29, 0.717) is 5.39 Å². The average molecular weight is 632 g/mol. The average Bonchev–Trinajstić information content (AvgIpc) is 3.45. The molecule has 0 spiro atoms. The summed E-state index contributed by atoms with van der Waals surface area (Å²) >= 11 is 6.67. The molecule has 1 saturated heterocycles. The number of ether oxygens (including phenoxy) is 1. The van der Waals surface area contributed by atoms with E-state index in [0.717, 1.165) is 43.9 Å². The number of thioether (sulfide) groups is 1. The smallest absolute Gasteiger partial charge is 0.386 e. The van der Waals surface area contributed by atoms with Crippen molar-refractivity contribution in [3.05, 3.63) is 18.6 Å². The van der Waals surface area contributed by atoms with Gasteiger partial charge in [0.05, 0.1) is 18.6 Å². The van der Waals surface area contributed by atoms with Crippen molar-refractivity contribution < 1.29 is 32.6 Å². The lowest BCUT2D eigenvalue weighted by Crippen LogP contribution is -2.42. The number of nitrogens with zero attached hydrogens (tertiary/aromatic N) is 3. The van der Waals surface area contributed by atoms with Gasteiger partial charge in [-0.3, -0.25) is 13.8 Å². The van der Waals surface area contributed by atoms with E-state index in [1.165, 1.54) is 17.1 Å². The minimum absolute atomic E-state index is 0.0186. The molecule has 41 heavy (non-hydrogen) atoms. The van der Waals surface area contributed by atoms with Crippen molar-refractivity contribution in [3.8, 4) is 11.3 Å². The molecule has 1 unspecified atom stereocenters. The zero-order valence-corrected chi connectivity index (χ0v) is 25.7. The second-order valence-corrected chi connectivity index (χ2v) is 14.2. The maximum atomic E-state index is 16.3. The molecule has 0 amide bonds. The summed E-state index contributed by atoms with van der Waals surface area (Å²) in [7, 11) is -3.94. The van der Waals surface area contributed by atoms with Gasteiger partial charge in [-0.15, -0.1) is 0 Å². The zero-order chi connectivity index (χ0) is 29.8. The first-order valence-corrected chi connectivity index (χ1v) is 16.3. The molecule has 2 aliphatic rings. The molecule has 0 bridgehead atoms. The fraction of sp³-hybridized carbons (Fsp3) is 0.654. The van der Waals surface area contributed by atoms with Crippen LogP contribution in [0.15, 0.2) is 18.6 Å². The van der Waals surface area contributed by atoms with Crippen LogP contribution in [0, 0.1) is 16.7 Å². The number of nitrogens with one attached hydrogen (secondary N) is 1. The molecule has 4 rings (SSSR count). The van der Waals surface area contributed by atoms with E-state index >= 15 is 4.39 Å². The van der Waals surface area contributed by atoms with Crippen LogP contribution in [0.5, 0.6) is 0 Å². The highest BCUT2D eigenvalue weighted by molar-refractivity contribution is 8.13. The number of aromatic nitrogens is 3. The van der Waals surface area contributed by atoms with Gasteiger partial charge in [-0.05, 0) is 36.4 Å². The van der Waals surface area contributed by atoms with Crippen LogP contribution in [0.3, 0.4) is 0 Å². The van der Waals surface area contributed by atoms with E-state index in [9.17, 15) is 14.5 Å². The van der Waals surface area contributed by atoms with Crippen molar-refractivity contribution in [2.45, 2.75) is 83.0 Å². The van der Waals surface area contributed by atoms with Crippen molar-refractivity contribution in [3.63, 3.8) is 0 Å². The van der Waals surface area contributed by atoms with Crippen LogP contribution in [-0.4, -0.2) is 67.6 Å². The van der Waals surface area contributed by atoms with Gasteiger partial charge in [0.15, 0.2) is 11.3 Å². The van der Waals surface area contributed by atoms with Crippen LogP contribution in [-0.2, 0) is 23.1 Å². The summed E-state index contributed by atoms with van der Waals surface area (Å²) in [5.74, 6) is 2.68. The van der Waals surface area contributed by atoms with Crippen LogP contribution in [0.4, 0.5) is 10.2 Å². The molecule has 2 fully saturated rings. The van der Waals surface area contributed by atoms with Gasteiger partial charge in [0, 0.05) is 28.8 Å². The number of hydrogen-bond donors (Lipinski definition) is 3. The number of carbonyl (C=O) groups excluding carboxylic acids is 1. The number of halogens is 2. The molecule has 5 atom stereocenters. The number of hydrogen-bond acceptors (Lipinski definition) is 10. The highest BCUT2D eigenvalue weighted by atomic mass is 35.5. The van der Waals surface area contributed by atoms with Crippen molar-refractivity contribution in [1.82, 2.24) is 19.6 Å². The van der Waals surface area contributed by atoms with E-state index < -0.39 is 43.9 Å². The number of nitrogen functional groups attached to an aromatic ring is 1. The number of nitrogens with two attached hydrogens (primary N) is 1. The number of aliphatic hydroxyl groups excluding tert-OH is 1. The molecular formula is C26H36ClFN5O6PS. The van der Waals surface area contributed by atoms with Gasteiger partial charge in [0.2, 0.25) is 5.67 Å². The quantitative estimate of drug-likeness (QED) is 0.192. The van der Waals surface area contributed by atoms with E-state index in [-0.39, 0.29) is 35.0 Å². The minimum atomic E-state index is -3.94. The predicted octanol–water partition coefficient (Wildman–Crippen LogP) is 4.55. The third-order valence-corrected chi connectivity index (χ3v) is 10.1. The molecule has 2 aromatic heterocycles. The lowest BCUT2D eigenvalue weighted by atomic mass is 9.96. The maximum absolute atomic E-state index is 16.3. The molecule has 11 nitrogen and oxygen atoms in total. The third-order valence-electron chi connectivity index (χ3n) is 7.02. The molecule has 1 aliphatic carbocycles. The fourth-order valence-electron chi connectivity index (χ4n) is 4.79. The van der Waals surface area contributed by atoms with E-state index in [2.05, 4.69) is 21.0 Å². The SMILES string of the molecule is CC(C)(C)C(=O)SCCOP(=O)(NC1CCCCC1)OC[C@H]1O[C@@H](n2ccc3c(N)ncnc32)[C@@](F)(C#CCl)[C@@H]1O. The van der Waals surface area contributed by atoms with Crippen molar-refractivity contribution in [1.29, 1.82) is 0 Å². The Kier molecular flexibility index (Phi) is 10.4. The van der Waals surface area contributed by atoms with Gasteiger partial charge in [-0.2, -0.15) is 0 Å². The third kappa shape index (κ3) is 7.43. The Morgan fingerprint density at radius 2 is 2.10 bits per heavy atom. The molecule has 0 aromatic carbocycles. The molecule has 226 valence electrons. The molecule has 0 radical (unpaired) electrons. The van der Waals surface area contributed by atoms with Crippen LogP contribution >= 0.6 is 31.1 Å². The number of anilines is 1. The second kappa shape index (κ2) is 13.3. The molecule has 1 saturated carbocycles. The van der Waals surface area contributed by atoms with Crippen molar-refractivity contribution in [2.24, 2.45) is 5.41 Å². The molecular weight excluding hydrogens is 596 g/mol. The topological polar surface area (TPSA) is 151 Å². The first kappa shape index (κ1) is 32.2. The summed E-state index contributed by atoms with van der Waals surface area (Å²) in [5, 5.41) is 16.5. The summed E-state index contributed by atoms with van der Waals surface area (Å²) in [6, 6.07) is 1.50. The second-order valence-electron chi connectivity index (χ2n) is 11.2. The largest absolute Gasteiger partial charge is 0.405 e. The highest BCUT2D eigenvalue weighted by Crippen LogP contribution is 2.49. The predicted molar refractivity (Wildman–Crippen MR) is 156 cm³/mol. The number of rotatable bonds is 10. The van der Waals surface area contributed by atoms with Crippen molar-refractivity contribution >= 4 is 53.1 Å². The van der Waals surface area contributed by atoms with Crippen LogP contribution < -0.4 is 10.8 Å². The van der Waals surface area contributed by atoms with Crippen LogP contribution in [0.25, 0.3) is 11.0 Å². The summed E-state index contributed by atoms with van der Waals surface area (Å²) in [6.07, 6.45) is 2.76. The Morgan fingerprint density at radius 1 is 1.37 bits per heavy atom. The summed E-state index contributed by atoms with van der Waals surface area (Å²) < 4.78 is 48.8. The first-order chi connectivity index (χ1) is 19.4. The van der Waals surface area contributed by atoms with E-state index in [1.807, 2.05) is 26.2 Å². The number of alkyl halides is 1. The summed E-state index contributed by atoms with van der Waals surface area (Å²) in [6.45, 7) is 4.95. The maximum Gasteiger partial charge on any atom is 0.405 e. The molecule has 1 aliphatic heterocycles. The number of fused-ring (bicyclic) bond motifs is 1. The van der Waals surface area contributed by atoms with Crippen LogP contribution in [0.2, 0.25) is 0 Å². The van der Waals surface area contributed by atoms with E-state index in [4.69, 9.17) is 31.1 Å². The van der Waals surface area contributed by atoms with Crippen LogP contribution in [0.1, 0.15) is 59.1 Å². The number of aliphatic hydroxyl groups is 1. The minimum Gasteiger partial charge on any atom is -0.386 e. The number of carbonyl (C=O) groups is 1. The Bertz CT molecular complexity index is 1340. The van der Waals surface area contributed by atoms with Gasteiger partial charge in [-0.25, -0.2) is 24.0 Å². The Morgan fingerprint density at radius 3 is 2.78 bits per heavy atom. The summed E-state index contributed by atoms with van der Waals surface area (Å²) in [5.41, 5.74) is 3.01. The normalized spacial score (nSPS) is 26.9. The zero-order valence-electron chi connectivity index (χ0n) is 23.2. The summed E-state index contributed by atoms with van der Waals surface area (Å²) in [4.78, 5) is 20.4. The molecule has 4 N–H and O–H groups in total. The van der Waals surface area contributed by atoms with E-state index in [1.54, 1.807) is 6.07 Å². The molecule has 3 heterocycles. The standard InChI is InChI=1S/C26H36ClFN5O6PS/c1-25(2,3)24(35)41-14-13-37-40(36,32-17-7-5-4-6-8-17)38-15-19-20(34)26(28,10-11-27)23(39-19)33-12-9-18-21(29)30-16-31-22(18)33/h9,12,16-17,19-20,23,34H,4-8,13-15H2,1-3H3,(H,32,36)(H2,29,30,31)/t19-,20-,23-,26-,40?/m1/s1. The highest BCUT2D eigenvalue weighted by Gasteiger charge is 2.58.